The van der Waals surface area contributed by atoms with Crippen LogP contribution in [0.1, 0.15) is 15.9 Å². The molecular weight excluding hydrogens is 318 g/mol. The first-order valence-corrected chi connectivity index (χ1v) is 8.69. The van der Waals surface area contributed by atoms with Crippen molar-refractivity contribution in [3.05, 3.63) is 52.2 Å². The first-order chi connectivity index (χ1) is 9.53. The van der Waals surface area contributed by atoms with Crippen molar-refractivity contribution in [1.29, 1.82) is 0 Å². The van der Waals surface area contributed by atoms with Gasteiger partial charge in [-0.3, -0.25) is 4.79 Å². The number of halogens is 1. The van der Waals surface area contributed by atoms with Crippen molar-refractivity contribution in [2.24, 2.45) is 0 Å². The summed E-state index contributed by atoms with van der Waals surface area (Å²) in [6.07, 6.45) is 0. The second-order valence-corrected chi connectivity index (χ2v) is 6.85. The zero-order chi connectivity index (χ0) is 14.6. The lowest BCUT2D eigenvalue weighted by atomic mass is 10.2. The third-order valence-electron chi connectivity index (χ3n) is 2.65. The Balaban J connectivity index is 2.05. The van der Waals surface area contributed by atoms with Gasteiger partial charge >= 0.3 is 0 Å². The maximum absolute atomic E-state index is 12.0. The highest BCUT2D eigenvalue weighted by Gasteiger charge is 2.16. The summed E-state index contributed by atoms with van der Waals surface area (Å²) in [5.41, 5.74) is 1.34. The van der Waals surface area contributed by atoms with Crippen molar-refractivity contribution in [1.82, 2.24) is 4.72 Å². The van der Waals surface area contributed by atoms with E-state index in [9.17, 15) is 13.2 Å². The SMILES string of the molecule is O=C(CNS(=O)(=O)c1ccc(CCl)cc1)c1ccsc1. The highest BCUT2D eigenvalue weighted by Crippen LogP contribution is 2.12. The van der Waals surface area contributed by atoms with E-state index in [0.717, 1.165) is 5.56 Å². The summed E-state index contributed by atoms with van der Waals surface area (Å²) in [5, 5.41) is 3.46. The Morgan fingerprint density at radius 1 is 1.20 bits per heavy atom. The van der Waals surface area contributed by atoms with E-state index in [2.05, 4.69) is 4.72 Å². The molecule has 2 aromatic rings. The van der Waals surface area contributed by atoms with Crippen LogP contribution in [0.15, 0.2) is 46.0 Å². The minimum Gasteiger partial charge on any atom is -0.293 e. The molecule has 1 aromatic carbocycles. The number of carbonyl (C=O) groups excluding carboxylic acids is 1. The maximum Gasteiger partial charge on any atom is 0.240 e. The first-order valence-electron chi connectivity index (χ1n) is 5.73. The Kier molecular flexibility index (Phi) is 4.93. The van der Waals surface area contributed by atoms with Gasteiger partial charge in [0.05, 0.1) is 11.4 Å². The molecule has 106 valence electrons. The maximum atomic E-state index is 12.0. The normalized spacial score (nSPS) is 11.4. The number of thiophene rings is 1. The number of hydrogen-bond acceptors (Lipinski definition) is 4. The van der Waals surface area contributed by atoms with E-state index in [4.69, 9.17) is 11.6 Å². The number of alkyl halides is 1. The molecule has 1 heterocycles. The Morgan fingerprint density at radius 3 is 2.45 bits per heavy atom. The highest BCUT2D eigenvalue weighted by molar-refractivity contribution is 7.89. The number of rotatable bonds is 6. The number of carbonyl (C=O) groups is 1. The van der Waals surface area contributed by atoms with Gasteiger partial charge in [0.25, 0.3) is 0 Å². The van der Waals surface area contributed by atoms with Gasteiger partial charge in [-0.25, -0.2) is 13.1 Å². The monoisotopic (exact) mass is 329 g/mol. The van der Waals surface area contributed by atoms with Crippen LogP contribution in [0.5, 0.6) is 0 Å². The van der Waals surface area contributed by atoms with Crippen LogP contribution in [0.2, 0.25) is 0 Å². The topological polar surface area (TPSA) is 63.2 Å². The summed E-state index contributed by atoms with van der Waals surface area (Å²) in [7, 11) is -3.68. The molecule has 20 heavy (non-hydrogen) atoms. The summed E-state index contributed by atoms with van der Waals surface area (Å²) in [6, 6.07) is 7.88. The van der Waals surface area contributed by atoms with Crippen LogP contribution in [0.4, 0.5) is 0 Å². The molecule has 0 spiro atoms. The van der Waals surface area contributed by atoms with Crippen LogP contribution in [-0.4, -0.2) is 20.7 Å². The Bertz CT molecular complexity index is 679. The fraction of sp³-hybridized carbons (Fsp3) is 0.154. The minimum atomic E-state index is -3.68. The lowest BCUT2D eigenvalue weighted by Gasteiger charge is -2.06. The van der Waals surface area contributed by atoms with E-state index in [-0.39, 0.29) is 17.2 Å². The average molecular weight is 330 g/mol. The molecule has 0 aliphatic heterocycles. The number of nitrogens with one attached hydrogen (secondary N) is 1. The van der Waals surface area contributed by atoms with E-state index in [1.165, 1.54) is 23.5 Å². The van der Waals surface area contributed by atoms with Gasteiger partial charge in [-0.05, 0) is 29.1 Å². The molecule has 0 aliphatic carbocycles. The number of benzene rings is 1. The van der Waals surface area contributed by atoms with Gasteiger partial charge < -0.3 is 0 Å². The number of sulfonamides is 1. The third kappa shape index (κ3) is 3.67. The molecule has 7 heteroatoms. The molecular formula is C13H12ClNO3S2. The summed E-state index contributed by atoms with van der Waals surface area (Å²) in [5.74, 6) is 0.0666. The largest absolute Gasteiger partial charge is 0.293 e. The quantitative estimate of drug-likeness (QED) is 0.654. The fourth-order valence-electron chi connectivity index (χ4n) is 1.53. The number of hydrogen-bond donors (Lipinski definition) is 1. The predicted molar refractivity (Wildman–Crippen MR) is 79.8 cm³/mol. The van der Waals surface area contributed by atoms with Crippen LogP contribution < -0.4 is 4.72 Å². The fourth-order valence-corrected chi connectivity index (χ4v) is 3.35. The van der Waals surface area contributed by atoms with Gasteiger partial charge in [-0.15, -0.1) is 11.6 Å². The molecule has 2 rings (SSSR count). The van der Waals surface area contributed by atoms with Crippen LogP contribution >= 0.6 is 22.9 Å². The van der Waals surface area contributed by atoms with Gasteiger partial charge in [0.15, 0.2) is 5.78 Å². The van der Waals surface area contributed by atoms with Gasteiger partial charge in [-0.2, -0.15) is 11.3 Å². The second kappa shape index (κ2) is 6.49. The average Bonchev–Trinajstić information content (AvgIpc) is 2.99. The van der Waals surface area contributed by atoms with Crippen molar-refractivity contribution in [2.75, 3.05) is 6.54 Å². The molecule has 0 bridgehead atoms. The molecule has 1 aromatic heterocycles. The molecule has 0 saturated carbocycles. The van der Waals surface area contributed by atoms with Crippen LogP contribution in [0, 0.1) is 0 Å². The van der Waals surface area contributed by atoms with Gasteiger partial charge in [0, 0.05) is 16.8 Å². The summed E-state index contributed by atoms with van der Waals surface area (Å²) < 4.78 is 26.3. The Hall–Kier alpha value is -1.21. The van der Waals surface area contributed by atoms with Crippen LogP contribution in [-0.2, 0) is 15.9 Å². The van der Waals surface area contributed by atoms with Crippen molar-refractivity contribution in [3.63, 3.8) is 0 Å². The zero-order valence-corrected chi connectivity index (χ0v) is 12.8. The number of Topliss-reactive ketones (excluding diaryl/α,β-unsaturated/α-hetero) is 1. The lowest BCUT2D eigenvalue weighted by Crippen LogP contribution is -2.29. The van der Waals surface area contributed by atoms with Gasteiger partial charge in [-0.1, -0.05) is 12.1 Å². The predicted octanol–water partition coefficient (Wildman–Crippen LogP) is 2.65. The van der Waals surface area contributed by atoms with Gasteiger partial charge in [0.2, 0.25) is 10.0 Å². The standard InChI is InChI=1S/C13H12ClNO3S2/c14-7-10-1-3-12(4-2-10)20(17,18)15-8-13(16)11-5-6-19-9-11/h1-6,9,15H,7-8H2. The molecule has 0 atom stereocenters. The lowest BCUT2D eigenvalue weighted by molar-refractivity contribution is 0.0997. The highest BCUT2D eigenvalue weighted by atomic mass is 35.5. The van der Waals surface area contributed by atoms with Crippen molar-refractivity contribution >= 4 is 38.7 Å². The van der Waals surface area contributed by atoms with Crippen molar-refractivity contribution < 1.29 is 13.2 Å². The Labute approximate surface area is 126 Å². The summed E-state index contributed by atoms with van der Waals surface area (Å²) in [6.45, 7) is -0.254. The smallest absolute Gasteiger partial charge is 0.240 e. The molecule has 0 amide bonds. The summed E-state index contributed by atoms with van der Waals surface area (Å²) in [4.78, 5) is 11.9. The second-order valence-electron chi connectivity index (χ2n) is 4.04. The number of ketones is 1. The third-order valence-corrected chi connectivity index (χ3v) is 5.06. The molecule has 1 N–H and O–H groups in total. The van der Waals surface area contributed by atoms with Crippen LogP contribution in [0.3, 0.4) is 0 Å². The van der Waals surface area contributed by atoms with E-state index in [0.29, 0.717) is 11.4 Å². The van der Waals surface area contributed by atoms with Crippen molar-refractivity contribution in [3.8, 4) is 0 Å². The van der Waals surface area contributed by atoms with E-state index in [1.807, 2.05) is 0 Å². The zero-order valence-electron chi connectivity index (χ0n) is 10.4. The first kappa shape index (κ1) is 15.2. The van der Waals surface area contributed by atoms with Crippen LogP contribution in [0.25, 0.3) is 0 Å². The van der Waals surface area contributed by atoms with Crippen molar-refractivity contribution in [2.45, 2.75) is 10.8 Å². The molecule has 0 radical (unpaired) electrons. The minimum absolute atomic E-state index is 0.115. The Morgan fingerprint density at radius 2 is 1.90 bits per heavy atom. The molecule has 0 fully saturated rings. The molecule has 0 saturated heterocycles. The van der Waals surface area contributed by atoms with E-state index >= 15 is 0 Å². The molecule has 0 aliphatic rings. The van der Waals surface area contributed by atoms with E-state index in [1.54, 1.807) is 29.0 Å². The summed E-state index contributed by atoms with van der Waals surface area (Å²) >= 11 is 7.04. The van der Waals surface area contributed by atoms with E-state index < -0.39 is 10.0 Å². The molecule has 4 nitrogen and oxygen atoms in total. The van der Waals surface area contributed by atoms with Gasteiger partial charge in [0.1, 0.15) is 0 Å². The molecule has 0 unspecified atom stereocenters.